The van der Waals surface area contributed by atoms with Crippen LogP contribution in [0.25, 0.3) is 0 Å². The fourth-order valence-electron chi connectivity index (χ4n) is 3.65. The lowest BCUT2D eigenvalue weighted by molar-refractivity contribution is -0.384. The summed E-state index contributed by atoms with van der Waals surface area (Å²) in [5.41, 5.74) is -1.44. The van der Waals surface area contributed by atoms with Crippen LogP contribution in [-0.2, 0) is 15.7 Å². The third kappa shape index (κ3) is 5.57. The van der Waals surface area contributed by atoms with Gasteiger partial charge in [0.15, 0.2) is 0 Å². The standard InChI is InChI=1S/C21H18F4N2O6/c1-32-19(28)13-8-12(17-7-2-14(9-18(17)22)21(23,24)25)10-26(11-13)20(29)33-16-5-3-15(4-6-16)27(30)31/h2-7,9,12-13H,8,10-11H2,1H3. The third-order valence-corrected chi connectivity index (χ3v) is 5.26. The number of piperidine rings is 1. The molecule has 0 saturated carbocycles. The van der Waals surface area contributed by atoms with Crippen LogP contribution in [0.2, 0.25) is 0 Å². The number of halogens is 4. The number of hydrogen-bond acceptors (Lipinski definition) is 6. The van der Waals surface area contributed by atoms with Crippen LogP contribution in [0.5, 0.6) is 5.75 Å². The van der Waals surface area contributed by atoms with Gasteiger partial charge in [0.2, 0.25) is 0 Å². The van der Waals surface area contributed by atoms with Gasteiger partial charge in [0.05, 0.1) is 23.5 Å². The minimum atomic E-state index is -4.72. The molecule has 2 aromatic carbocycles. The second kappa shape index (κ2) is 9.43. The van der Waals surface area contributed by atoms with Crippen molar-refractivity contribution < 1.29 is 41.5 Å². The Kier molecular flexibility index (Phi) is 6.84. The largest absolute Gasteiger partial charge is 0.469 e. The molecule has 0 spiro atoms. The van der Waals surface area contributed by atoms with E-state index in [0.29, 0.717) is 6.07 Å². The molecule has 0 radical (unpaired) electrons. The molecule has 1 heterocycles. The van der Waals surface area contributed by atoms with Gasteiger partial charge in [0, 0.05) is 31.1 Å². The van der Waals surface area contributed by atoms with Gasteiger partial charge in [-0.15, -0.1) is 0 Å². The first kappa shape index (κ1) is 24.0. The minimum absolute atomic E-state index is 0.00283. The highest BCUT2D eigenvalue weighted by atomic mass is 19.4. The topological polar surface area (TPSA) is 99.0 Å². The molecule has 176 valence electrons. The minimum Gasteiger partial charge on any atom is -0.469 e. The van der Waals surface area contributed by atoms with E-state index < -0.39 is 46.4 Å². The van der Waals surface area contributed by atoms with E-state index >= 15 is 0 Å². The predicted molar refractivity (Wildman–Crippen MR) is 105 cm³/mol. The van der Waals surface area contributed by atoms with Gasteiger partial charge < -0.3 is 14.4 Å². The van der Waals surface area contributed by atoms with Crippen molar-refractivity contribution in [3.8, 4) is 5.75 Å². The van der Waals surface area contributed by atoms with Crippen LogP contribution in [0.15, 0.2) is 42.5 Å². The maximum Gasteiger partial charge on any atom is 0.416 e. The Morgan fingerprint density at radius 3 is 2.33 bits per heavy atom. The van der Waals surface area contributed by atoms with Crippen LogP contribution < -0.4 is 4.74 Å². The van der Waals surface area contributed by atoms with Crippen LogP contribution in [0.1, 0.15) is 23.5 Å². The zero-order valence-corrected chi connectivity index (χ0v) is 17.2. The highest BCUT2D eigenvalue weighted by Gasteiger charge is 2.38. The van der Waals surface area contributed by atoms with Gasteiger partial charge in [-0.1, -0.05) is 6.07 Å². The molecule has 2 atom stereocenters. The molecule has 1 aliphatic heterocycles. The Morgan fingerprint density at radius 2 is 1.79 bits per heavy atom. The number of likely N-dealkylation sites (tertiary alicyclic amines) is 1. The van der Waals surface area contributed by atoms with Crippen molar-refractivity contribution >= 4 is 17.7 Å². The molecule has 2 unspecified atom stereocenters. The van der Waals surface area contributed by atoms with E-state index in [-0.39, 0.29) is 36.5 Å². The first-order valence-electron chi connectivity index (χ1n) is 9.65. The van der Waals surface area contributed by atoms with E-state index in [2.05, 4.69) is 0 Å². The van der Waals surface area contributed by atoms with Crippen LogP contribution in [-0.4, -0.2) is 42.1 Å². The summed E-state index contributed by atoms with van der Waals surface area (Å²) in [6.07, 6.45) is -5.58. The molecule has 1 aliphatic rings. The van der Waals surface area contributed by atoms with E-state index in [0.717, 1.165) is 36.3 Å². The zero-order chi connectivity index (χ0) is 24.3. The fourth-order valence-corrected chi connectivity index (χ4v) is 3.65. The molecule has 0 aliphatic carbocycles. The van der Waals surface area contributed by atoms with Crippen molar-refractivity contribution in [2.75, 3.05) is 20.2 Å². The zero-order valence-electron chi connectivity index (χ0n) is 17.2. The molecular weight excluding hydrogens is 452 g/mol. The number of nitro groups is 1. The lowest BCUT2D eigenvalue weighted by atomic mass is 9.84. The number of hydrogen-bond donors (Lipinski definition) is 0. The quantitative estimate of drug-likeness (QED) is 0.282. The van der Waals surface area contributed by atoms with Crippen LogP contribution in [0.4, 0.5) is 28.0 Å². The van der Waals surface area contributed by atoms with Crippen LogP contribution >= 0.6 is 0 Å². The molecule has 8 nitrogen and oxygen atoms in total. The smallest absolute Gasteiger partial charge is 0.416 e. The van der Waals surface area contributed by atoms with E-state index in [1.165, 1.54) is 12.1 Å². The Morgan fingerprint density at radius 1 is 1.12 bits per heavy atom. The van der Waals surface area contributed by atoms with Crippen molar-refractivity contribution in [2.45, 2.75) is 18.5 Å². The van der Waals surface area contributed by atoms with E-state index in [4.69, 9.17) is 9.47 Å². The first-order chi connectivity index (χ1) is 15.5. The monoisotopic (exact) mass is 470 g/mol. The molecule has 1 fully saturated rings. The highest BCUT2D eigenvalue weighted by molar-refractivity contribution is 5.76. The molecule has 12 heteroatoms. The third-order valence-electron chi connectivity index (χ3n) is 5.26. The predicted octanol–water partition coefficient (Wildman–Crippen LogP) is 4.53. The average Bonchev–Trinajstić information content (AvgIpc) is 2.77. The number of carbonyl (C=O) groups is 2. The first-order valence-corrected chi connectivity index (χ1v) is 9.65. The van der Waals surface area contributed by atoms with Gasteiger partial charge in [0.1, 0.15) is 11.6 Å². The van der Waals surface area contributed by atoms with Gasteiger partial charge in [-0.2, -0.15) is 13.2 Å². The van der Waals surface area contributed by atoms with Gasteiger partial charge in [-0.25, -0.2) is 9.18 Å². The summed E-state index contributed by atoms with van der Waals surface area (Å²) in [6, 6.07) is 6.79. The highest BCUT2D eigenvalue weighted by Crippen LogP contribution is 2.36. The number of non-ortho nitro benzene ring substituents is 1. The Balaban J connectivity index is 1.83. The number of nitrogens with zero attached hydrogens (tertiary/aromatic N) is 2. The van der Waals surface area contributed by atoms with Crippen molar-refractivity contribution in [1.29, 1.82) is 0 Å². The average molecular weight is 470 g/mol. The molecule has 33 heavy (non-hydrogen) atoms. The Bertz CT molecular complexity index is 1060. The molecule has 2 aromatic rings. The Hall–Kier alpha value is -3.70. The molecule has 1 amide bonds. The SMILES string of the molecule is COC(=O)C1CC(c2ccc(C(F)(F)F)cc2F)CN(C(=O)Oc2ccc([N+](=O)[O-])cc2)C1. The molecule has 3 rings (SSSR count). The summed E-state index contributed by atoms with van der Waals surface area (Å²) < 4.78 is 63.1. The second-order valence-electron chi connectivity index (χ2n) is 7.41. The molecule has 0 N–H and O–H groups in total. The van der Waals surface area contributed by atoms with E-state index in [1.807, 2.05) is 0 Å². The molecule has 0 bridgehead atoms. The summed E-state index contributed by atoms with van der Waals surface area (Å²) in [5.74, 6) is -3.43. The number of amides is 1. The molecular formula is C21H18F4N2O6. The normalized spacial score (nSPS) is 18.5. The van der Waals surface area contributed by atoms with Gasteiger partial charge >= 0.3 is 18.2 Å². The number of esters is 1. The van der Waals surface area contributed by atoms with Crippen molar-refractivity contribution in [1.82, 2.24) is 4.90 Å². The maximum absolute atomic E-state index is 14.5. The molecule has 0 aromatic heterocycles. The summed E-state index contributed by atoms with van der Waals surface area (Å²) in [6.45, 7) is -0.237. The summed E-state index contributed by atoms with van der Waals surface area (Å²) in [5, 5.41) is 10.7. The van der Waals surface area contributed by atoms with Crippen molar-refractivity contribution in [3.05, 3.63) is 69.5 Å². The van der Waals surface area contributed by atoms with E-state index in [9.17, 15) is 37.3 Å². The number of methoxy groups -OCH3 is 1. The van der Waals surface area contributed by atoms with Gasteiger partial charge in [-0.05, 0) is 36.2 Å². The summed E-state index contributed by atoms with van der Waals surface area (Å²) >= 11 is 0. The lowest BCUT2D eigenvalue weighted by Gasteiger charge is -2.36. The second-order valence-corrected chi connectivity index (χ2v) is 7.41. The lowest BCUT2D eigenvalue weighted by Crippen LogP contribution is -2.47. The number of alkyl halides is 3. The number of carbonyl (C=O) groups excluding carboxylic acids is 2. The number of benzene rings is 2. The summed E-state index contributed by atoms with van der Waals surface area (Å²) in [4.78, 5) is 36.0. The molecule has 1 saturated heterocycles. The van der Waals surface area contributed by atoms with Gasteiger partial charge in [0.25, 0.3) is 5.69 Å². The van der Waals surface area contributed by atoms with Crippen LogP contribution in [0, 0.1) is 21.8 Å². The number of nitro benzene ring substituents is 1. The number of ether oxygens (including phenoxy) is 2. The van der Waals surface area contributed by atoms with Crippen molar-refractivity contribution in [3.63, 3.8) is 0 Å². The van der Waals surface area contributed by atoms with E-state index in [1.54, 1.807) is 0 Å². The maximum atomic E-state index is 14.5. The van der Waals surface area contributed by atoms with Gasteiger partial charge in [-0.3, -0.25) is 14.9 Å². The fraction of sp³-hybridized carbons (Fsp3) is 0.333. The van der Waals surface area contributed by atoms with Crippen LogP contribution in [0.3, 0.4) is 0 Å². The summed E-state index contributed by atoms with van der Waals surface area (Å²) in [7, 11) is 1.14. The van der Waals surface area contributed by atoms with Crippen molar-refractivity contribution in [2.24, 2.45) is 5.92 Å². The Labute approximate surface area is 184 Å². The number of rotatable bonds is 4.